The molecular formula is C12H20OS. The molecule has 2 heteroatoms. The first-order valence-corrected chi connectivity index (χ1v) is 5.80. The fourth-order valence-electron chi connectivity index (χ4n) is 1.08. The largest absolute Gasteiger partial charge is 0.400 e. The molecule has 0 amide bonds. The van der Waals surface area contributed by atoms with E-state index in [4.69, 9.17) is 5.11 Å². The molecule has 0 atom stereocenters. The number of aliphatic hydroxyl groups is 1. The molecule has 80 valence electrons. The molecule has 0 saturated heterocycles. The van der Waals surface area contributed by atoms with E-state index < -0.39 is 0 Å². The smallest absolute Gasteiger partial charge is 0.0319 e. The van der Waals surface area contributed by atoms with E-state index in [9.17, 15) is 0 Å². The fourth-order valence-corrected chi connectivity index (χ4v) is 1.91. The van der Waals surface area contributed by atoms with Crippen LogP contribution in [-0.4, -0.2) is 17.5 Å². The fraction of sp³-hybridized carbons (Fsp3) is 0.500. The van der Waals surface area contributed by atoms with Crippen LogP contribution in [0.5, 0.6) is 0 Å². The van der Waals surface area contributed by atoms with Crippen molar-refractivity contribution in [1.82, 2.24) is 0 Å². The molecule has 0 bridgehead atoms. The summed E-state index contributed by atoms with van der Waals surface area (Å²) in [5.41, 5.74) is 1.42. The second-order valence-corrected chi connectivity index (χ2v) is 4.81. The third-order valence-electron chi connectivity index (χ3n) is 1.70. The molecule has 0 aromatic heterocycles. The van der Waals surface area contributed by atoms with E-state index in [-0.39, 0.29) is 0 Å². The highest BCUT2D eigenvalue weighted by Gasteiger charge is 1.96. The number of aryl methyl sites for hydroxylation is 1. The zero-order valence-corrected chi connectivity index (χ0v) is 10.3. The number of thioether (sulfide) groups is 1. The van der Waals surface area contributed by atoms with Gasteiger partial charge < -0.3 is 5.11 Å². The average Bonchev–Trinajstić information content (AvgIpc) is 2.21. The standard InChI is InChI=1S/C11H16S.CH4O/c1-4-10-5-7-11(8-6-10)12-9(2)3;1-2/h5-9H,4H2,1-3H3;2H,1H3. The highest BCUT2D eigenvalue weighted by Crippen LogP contribution is 2.22. The molecule has 0 spiro atoms. The first-order valence-electron chi connectivity index (χ1n) is 4.92. The van der Waals surface area contributed by atoms with Crippen LogP contribution in [0.25, 0.3) is 0 Å². The molecule has 0 fully saturated rings. The van der Waals surface area contributed by atoms with Crippen LogP contribution < -0.4 is 0 Å². The number of benzene rings is 1. The van der Waals surface area contributed by atoms with E-state index in [1.54, 1.807) is 0 Å². The summed E-state index contributed by atoms with van der Waals surface area (Å²) in [7, 11) is 1.00. The maximum Gasteiger partial charge on any atom is 0.0319 e. The number of hydrogen-bond donors (Lipinski definition) is 1. The summed E-state index contributed by atoms with van der Waals surface area (Å²) in [5, 5.41) is 7.68. The van der Waals surface area contributed by atoms with Gasteiger partial charge in [-0.3, -0.25) is 0 Å². The van der Waals surface area contributed by atoms with Crippen molar-refractivity contribution in [3.8, 4) is 0 Å². The lowest BCUT2D eigenvalue weighted by atomic mass is 10.2. The number of aliphatic hydroxyl groups excluding tert-OH is 1. The predicted molar refractivity (Wildman–Crippen MR) is 65.0 cm³/mol. The second-order valence-electron chi connectivity index (χ2n) is 3.16. The molecule has 1 N–H and O–H groups in total. The molecule has 0 unspecified atom stereocenters. The van der Waals surface area contributed by atoms with Gasteiger partial charge in [-0.1, -0.05) is 32.9 Å². The van der Waals surface area contributed by atoms with Gasteiger partial charge in [0, 0.05) is 17.3 Å². The molecular weight excluding hydrogens is 192 g/mol. The van der Waals surface area contributed by atoms with Crippen molar-refractivity contribution >= 4 is 11.8 Å². The van der Waals surface area contributed by atoms with Crippen LogP contribution in [0, 0.1) is 0 Å². The molecule has 1 aromatic rings. The van der Waals surface area contributed by atoms with Crippen LogP contribution in [0.2, 0.25) is 0 Å². The second kappa shape index (κ2) is 7.89. The molecule has 0 heterocycles. The molecule has 0 aliphatic carbocycles. The highest BCUT2D eigenvalue weighted by molar-refractivity contribution is 7.99. The quantitative estimate of drug-likeness (QED) is 0.775. The lowest BCUT2D eigenvalue weighted by molar-refractivity contribution is 0.399. The van der Waals surface area contributed by atoms with Gasteiger partial charge >= 0.3 is 0 Å². The van der Waals surface area contributed by atoms with Crippen molar-refractivity contribution in [3.63, 3.8) is 0 Å². The maximum absolute atomic E-state index is 7.00. The summed E-state index contributed by atoms with van der Waals surface area (Å²) >= 11 is 1.92. The van der Waals surface area contributed by atoms with Gasteiger partial charge in [0.05, 0.1) is 0 Å². The Hall–Kier alpha value is -0.470. The lowest BCUT2D eigenvalue weighted by Crippen LogP contribution is -1.86. The van der Waals surface area contributed by atoms with E-state index in [1.807, 2.05) is 11.8 Å². The molecule has 0 radical (unpaired) electrons. The Kier molecular flexibility index (Phi) is 7.63. The minimum atomic E-state index is 0.678. The van der Waals surface area contributed by atoms with Crippen molar-refractivity contribution in [2.45, 2.75) is 37.3 Å². The van der Waals surface area contributed by atoms with Crippen LogP contribution in [0.15, 0.2) is 29.2 Å². The van der Waals surface area contributed by atoms with Crippen molar-refractivity contribution in [2.24, 2.45) is 0 Å². The van der Waals surface area contributed by atoms with Crippen molar-refractivity contribution < 1.29 is 5.11 Å². The number of rotatable bonds is 3. The van der Waals surface area contributed by atoms with Gasteiger partial charge in [0.1, 0.15) is 0 Å². The van der Waals surface area contributed by atoms with Crippen molar-refractivity contribution in [2.75, 3.05) is 7.11 Å². The van der Waals surface area contributed by atoms with Gasteiger partial charge in [-0.05, 0) is 24.1 Å². The summed E-state index contributed by atoms with van der Waals surface area (Å²) in [4.78, 5) is 1.38. The van der Waals surface area contributed by atoms with Gasteiger partial charge in [0.25, 0.3) is 0 Å². The zero-order valence-electron chi connectivity index (χ0n) is 9.45. The molecule has 14 heavy (non-hydrogen) atoms. The summed E-state index contributed by atoms with van der Waals surface area (Å²) in [6, 6.07) is 8.85. The topological polar surface area (TPSA) is 20.2 Å². The monoisotopic (exact) mass is 212 g/mol. The highest BCUT2D eigenvalue weighted by atomic mass is 32.2. The Morgan fingerprint density at radius 1 is 1.14 bits per heavy atom. The molecule has 0 aliphatic rings. The summed E-state index contributed by atoms with van der Waals surface area (Å²) in [5.74, 6) is 0. The Balaban J connectivity index is 0.000000791. The summed E-state index contributed by atoms with van der Waals surface area (Å²) in [6.07, 6.45) is 1.13. The zero-order chi connectivity index (χ0) is 11.0. The minimum Gasteiger partial charge on any atom is -0.400 e. The van der Waals surface area contributed by atoms with Crippen LogP contribution in [0.4, 0.5) is 0 Å². The first kappa shape index (κ1) is 13.5. The van der Waals surface area contributed by atoms with E-state index in [0.717, 1.165) is 13.5 Å². The van der Waals surface area contributed by atoms with Crippen molar-refractivity contribution in [3.05, 3.63) is 29.8 Å². The lowest BCUT2D eigenvalue weighted by Gasteiger charge is -2.04. The minimum absolute atomic E-state index is 0.678. The van der Waals surface area contributed by atoms with Gasteiger partial charge in [0.2, 0.25) is 0 Å². The van der Waals surface area contributed by atoms with Gasteiger partial charge in [-0.2, -0.15) is 0 Å². The normalized spacial score (nSPS) is 9.57. The SMILES string of the molecule is CCc1ccc(SC(C)C)cc1.CO. The third kappa shape index (κ3) is 5.30. The summed E-state index contributed by atoms with van der Waals surface area (Å²) < 4.78 is 0. The predicted octanol–water partition coefficient (Wildman–Crippen LogP) is 3.36. The van der Waals surface area contributed by atoms with Crippen molar-refractivity contribution in [1.29, 1.82) is 0 Å². The maximum atomic E-state index is 7.00. The molecule has 1 nitrogen and oxygen atoms in total. The Morgan fingerprint density at radius 2 is 1.64 bits per heavy atom. The average molecular weight is 212 g/mol. The van der Waals surface area contributed by atoms with E-state index in [2.05, 4.69) is 45.0 Å². The molecule has 1 rings (SSSR count). The van der Waals surface area contributed by atoms with Gasteiger partial charge in [0.15, 0.2) is 0 Å². The van der Waals surface area contributed by atoms with Crippen LogP contribution in [0.3, 0.4) is 0 Å². The third-order valence-corrected chi connectivity index (χ3v) is 2.72. The Labute approximate surface area is 91.5 Å². The number of hydrogen-bond acceptors (Lipinski definition) is 2. The Morgan fingerprint density at radius 3 is 2.00 bits per heavy atom. The van der Waals surface area contributed by atoms with E-state index >= 15 is 0 Å². The summed E-state index contributed by atoms with van der Waals surface area (Å²) in [6.45, 7) is 6.63. The van der Waals surface area contributed by atoms with Crippen LogP contribution >= 0.6 is 11.8 Å². The molecule has 0 saturated carbocycles. The Bertz CT molecular complexity index is 229. The molecule has 1 aromatic carbocycles. The van der Waals surface area contributed by atoms with Crippen LogP contribution in [-0.2, 0) is 6.42 Å². The molecule has 0 aliphatic heterocycles. The van der Waals surface area contributed by atoms with E-state index in [0.29, 0.717) is 5.25 Å². The van der Waals surface area contributed by atoms with Crippen LogP contribution in [0.1, 0.15) is 26.3 Å². The van der Waals surface area contributed by atoms with Gasteiger partial charge in [-0.15, -0.1) is 11.8 Å². The van der Waals surface area contributed by atoms with Gasteiger partial charge in [-0.25, -0.2) is 0 Å². The first-order chi connectivity index (χ1) is 6.72. The van der Waals surface area contributed by atoms with E-state index in [1.165, 1.54) is 10.5 Å².